The number of hydrogen-bond donors (Lipinski definition) is 1. The van der Waals surface area contributed by atoms with Crippen molar-refractivity contribution in [2.75, 3.05) is 0 Å². The Balaban J connectivity index is 0.00000406. The molecule has 0 amide bonds. The van der Waals surface area contributed by atoms with Crippen molar-refractivity contribution in [3.05, 3.63) is 138 Å². The minimum absolute atomic E-state index is 0. The number of aromatic hydroxyl groups is 1. The Morgan fingerprint density at radius 2 is 1.37 bits per heavy atom. The molecule has 1 aliphatic carbocycles. The van der Waals surface area contributed by atoms with Crippen LogP contribution in [0.2, 0.25) is 0 Å². The molecule has 2 aromatic heterocycles. The van der Waals surface area contributed by atoms with E-state index in [1.165, 1.54) is 5.56 Å². The molecule has 49 heavy (non-hydrogen) atoms. The average Bonchev–Trinajstić information content (AvgIpc) is 3.57. The van der Waals surface area contributed by atoms with Crippen LogP contribution in [0.15, 0.2) is 120 Å². The minimum Gasteiger partial charge on any atom is -0.507 e. The molecule has 1 N–H and O–H groups in total. The van der Waals surface area contributed by atoms with E-state index >= 15 is 0 Å². The maximum atomic E-state index is 10.5. The maximum Gasteiger partial charge on any atom is 0.230 e. The molecule has 0 radical (unpaired) electrons. The molecule has 0 saturated heterocycles. The zero-order chi connectivity index (χ0) is 34.7. The molecule has 248 valence electrons. The van der Waals surface area contributed by atoms with Crippen LogP contribution in [0.25, 0.3) is 55.7 Å². The molecule has 8 rings (SSSR count). The number of para-hydroxylation sites is 2. The summed E-state index contributed by atoms with van der Waals surface area (Å²) in [5.41, 5.74) is 9.31. The smallest absolute Gasteiger partial charge is 0.230 e. The predicted molar refractivity (Wildman–Crippen MR) is 195 cm³/mol. The number of fused-ring (bicyclic) bond motifs is 2. The summed E-state index contributed by atoms with van der Waals surface area (Å²) in [5.74, 6) is -1.05. The quantitative estimate of drug-likeness (QED) is 0.176. The van der Waals surface area contributed by atoms with Crippen LogP contribution in [0, 0.1) is 6.07 Å². The molecule has 0 bridgehead atoms. The summed E-state index contributed by atoms with van der Waals surface area (Å²) in [6, 6.07) is 39.2. The monoisotopic (exact) mass is 824 g/mol. The van der Waals surface area contributed by atoms with Crippen molar-refractivity contribution in [2.45, 2.75) is 63.7 Å². The van der Waals surface area contributed by atoms with Crippen molar-refractivity contribution in [3.8, 4) is 39.5 Å². The summed E-state index contributed by atoms with van der Waals surface area (Å²) in [5, 5.41) is 11.5. The number of phenolic OH excluding ortho intramolecular Hbond substituents is 1. The van der Waals surface area contributed by atoms with Crippen molar-refractivity contribution in [1.82, 2.24) is 9.97 Å². The Morgan fingerprint density at radius 1 is 0.714 bits per heavy atom. The number of hydrogen-bond acceptors (Lipinski definition) is 4. The number of benzene rings is 5. The van der Waals surface area contributed by atoms with Crippen LogP contribution < -0.4 is 0 Å². The summed E-state index contributed by atoms with van der Waals surface area (Å²) in [6.07, 6.45) is 4.33. The second-order valence-electron chi connectivity index (χ2n) is 13.8. The van der Waals surface area contributed by atoms with E-state index < -0.39 is 11.8 Å². The molecule has 7 aromatic rings. The summed E-state index contributed by atoms with van der Waals surface area (Å²) in [6.45, 7) is 6.65. The van der Waals surface area contributed by atoms with Crippen LogP contribution >= 0.6 is 0 Å². The van der Waals surface area contributed by atoms with Gasteiger partial charge in [0, 0.05) is 35.5 Å². The van der Waals surface area contributed by atoms with E-state index in [0.29, 0.717) is 48.2 Å². The largest absolute Gasteiger partial charge is 0.507 e. The van der Waals surface area contributed by atoms with E-state index in [9.17, 15) is 7.85 Å². The van der Waals surface area contributed by atoms with Gasteiger partial charge < -0.3 is 9.52 Å². The Hall–Kier alpha value is -4.53. The first-order chi connectivity index (χ1) is 24.0. The normalized spacial score (nSPS) is 20.1. The average molecular weight is 825 g/mol. The van der Waals surface area contributed by atoms with Gasteiger partial charge in [-0.3, -0.25) is 4.98 Å². The number of rotatable bonds is 5. The van der Waals surface area contributed by atoms with Crippen molar-refractivity contribution in [3.63, 3.8) is 0 Å². The van der Waals surface area contributed by atoms with Crippen LogP contribution in [-0.4, -0.2) is 15.1 Å². The third kappa shape index (κ3) is 6.35. The van der Waals surface area contributed by atoms with Gasteiger partial charge in [0.05, 0.1) is 11.1 Å². The minimum atomic E-state index is -0.837. The van der Waals surface area contributed by atoms with Crippen LogP contribution in [0.3, 0.4) is 0 Å². The van der Waals surface area contributed by atoms with Gasteiger partial charge in [-0.25, -0.2) is 4.98 Å². The molecule has 1 aliphatic rings. The van der Waals surface area contributed by atoms with Gasteiger partial charge in [0.15, 0.2) is 0 Å². The van der Waals surface area contributed by atoms with Crippen molar-refractivity contribution in [2.24, 2.45) is 0 Å². The fourth-order valence-electron chi connectivity index (χ4n) is 7.14. The van der Waals surface area contributed by atoms with Gasteiger partial charge >= 0.3 is 0 Å². The SMILES string of the molecule is [2H]C1(c2ccccc2)CCC([2H])(c2cc(-c3[c-]c(-c4cccc5oc(-c6ccccc6O)nc45)ccc3)c3nccc(C(C)(C)C)c3c2)CC1.[Pt]. The van der Waals surface area contributed by atoms with Gasteiger partial charge in [-0.2, -0.15) is 0 Å². The summed E-state index contributed by atoms with van der Waals surface area (Å²) < 4.78 is 25.3. The fourth-order valence-corrected chi connectivity index (χ4v) is 7.14. The van der Waals surface area contributed by atoms with E-state index in [-0.39, 0.29) is 32.2 Å². The first kappa shape index (κ1) is 30.5. The van der Waals surface area contributed by atoms with Gasteiger partial charge in [-0.15, -0.1) is 35.4 Å². The molecule has 0 atom stereocenters. The molecular formula is C44H39N2O2Pt-. The van der Waals surface area contributed by atoms with Crippen LogP contribution in [0.5, 0.6) is 5.75 Å². The van der Waals surface area contributed by atoms with Gasteiger partial charge in [0.2, 0.25) is 5.89 Å². The van der Waals surface area contributed by atoms with Gasteiger partial charge in [-0.1, -0.05) is 104 Å². The Morgan fingerprint density at radius 3 is 2.10 bits per heavy atom. The summed E-state index contributed by atoms with van der Waals surface area (Å²) in [7, 11) is 0. The first-order valence-corrected chi connectivity index (χ1v) is 16.7. The van der Waals surface area contributed by atoms with Crippen molar-refractivity contribution in [1.29, 1.82) is 0 Å². The number of aromatic nitrogens is 2. The van der Waals surface area contributed by atoms with E-state index in [2.05, 4.69) is 51.1 Å². The van der Waals surface area contributed by atoms with Gasteiger partial charge in [0.25, 0.3) is 0 Å². The van der Waals surface area contributed by atoms with Gasteiger partial charge in [-0.05, 0) is 83.7 Å². The molecule has 5 aromatic carbocycles. The summed E-state index contributed by atoms with van der Waals surface area (Å²) in [4.78, 5) is 9.77. The third-order valence-electron chi connectivity index (χ3n) is 9.63. The first-order valence-electron chi connectivity index (χ1n) is 17.7. The van der Waals surface area contributed by atoms with Crippen molar-refractivity contribution >= 4 is 22.0 Å². The van der Waals surface area contributed by atoms with E-state index in [1.807, 2.05) is 72.9 Å². The molecule has 0 spiro atoms. The molecule has 0 aliphatic heterocycles. The molecule has 5 heteroatoms. The summed E-state index contributed by atoms with van der Waals surface area (Å²) >= 11 is 0. The van der Waals surface area contributed by atoms with E-state index in [1.54, 1.807) is 18.2 Å². The second kappa shape index (κ2) is 13.4. The second-order valence-corrected chi connectivity index (χ2v) is 13.8. The fraction of sp³-hybridized carbons (Fsp3) is 0.227. The third-order valence-corrected chi connectivity index (χ3v) is 9.63. The molecule has 1 saturated carbocycles. The molecule has 2 heterocycles. The molecule has 4 nitrogen and oxygen atoms in total. The number of oxazole rings is 1. The predicted octanol–water partition coefficient (Wildman–Crippen LogP) is 11.6. The Bertz CT molecular complexity index is 2370. The van der Waals surface area contributed by atoms with Crippen LogP contribution in [0.1, 0.15) is 77.7 Å². The zero-order valence-corrected chi connectivity index (χ0v) is 30.1. The van der Waals surface area contributed by atoms with Crippen LogP contribution in [-0.2, 0) is 26.5 Å². The number of pyridine rings is 1. The Labute approximate surface area is 305 Å². The van der Waals surface area contributed by atoms with E-state index in [4.69, 9.17) is 14.4 Å². The standard InChI is InChI=1S/C44H39N2O2.Pt/c1-44(2,3)38-23-24-45-41-36(26-33(27-37(38)41)30-21-19-29(20-22-30)28-11-5-4-6-12-28)32-14-9-13-31(25-32)34-16-10-18-40-42(34)46-43(48-40)35-15-7-8-17-39(35)47;/h4-18,23-24,26-27,29-30,47H,19-22H2,1-3H3;/q-1;/i29D,30D;. The van der Waals surface area contributed by atoms with Crippen molar-refractivity contribution < 1.29 is 33.3 Å². The number of phenols is 1. The topological polar surface area (TPSA) is 59.2 Å². The molecule has 0 unspecified atom stereocenters. The number of nitrogens with zero attached hydrogens (tertiary/aromatic N) is 2. The zero-order valence-electron chi connectivity index (χ0n) is 29.9. The maximum absolute atomic E-state index is 10.5. The van der Waals surface area contributed by atoms with Crippen LogP contribution in [0.4, 0.5) is 0 Å². The molecule has 1 fully saturated rings. The van der Waals surface area contributed by atoms with E-state index in [0.717, 1.165) is 44.3 Å². The van der Waals surface area contributed by atoms with Gasteiger partial charge in [0.1, 0.15) is 11.3 Å². The molecular weight excluding hydrogens is 784 g/mol. The Kier molecular flexibility index (Phi) is 8.35.